The molecule has 1 heterocycles. The summed E-state index contributed by atoms with van der Waals surface area (Å²) in [5, 5.41) is 6.06. The summed E-state index contributed by atoms with van der Waals surface area (Å²) in [6.45, 7) is 1.73. The van der Waals surface area contributed by atoms with Gasteiger partial charge in [-0.05, 0) is 47.1 Å². The molecule has 2 rings (SSSR count). The van der Waals surface area contributed by atoms with Crippen LogP contribution >= 0.6 is 15.9 Å². The highest BCUT2D eigenvalue weighted by molar-refractivity contribution is 9.10. The summed E-state index contributed by atoms with van der Waals surface area (Å²) in [6.07, 6.45) is 0.939. The molecular formula is C11H12BrFN2O. The second kappa shape index (κ2) is 4.93. The van der Waals surface area contributed by atoms with Gasteiger partial charge in [-0.2, -0.15) is 0 Å². The molecular weight excluding hydrogens is 275 g/mol. The highest BCUT2D eigenvalue weighted by Gasteiger charge is 2.17. The van der Waals surface area contributed by atoms with E-state index in [1.165, 1.54) is 18.2 Å². The lowest BCUT2D eigenvalue weighted by atomic mass is 10.2. The second-order valence-corrected chi connectivity index (χ2v) is 4.65. The maximum Gasteiger partial charge on any atom is 0.251 e. The summed E-state index contributed by atoms with van der Waals surface area (Å²) in [5.41, 5.74) is 0.472. The molecule has 86 valence electrons. The molecule has 0 bridgehead atoms. The number of amides is 1. The van der Waals surface area contributed by atoms with Gasteiger partial charge in [0.05, 0.1) is 4.47 Å². The molecule has 1 aliphatic heterocycles. The third kappa shape index (κ3) is 2.59. The van der Waals surface area contributed by atoms with E-state index in [9.17, 15) is 9.18 Å². The molecule has 0 aromatic heterocycles. The Morgan fingerprint density at radius 1 is 1.56 bits per heavy atom. The Hall–Kier alpha value is -0.940. The molecule has 1 aliphatic rings. The quantitative estimate of drug-likeness (QED) is 0.869. The monoisotopic (exact) mass is 286 g/mol. The molecule has 0 radical (unpaired) electrons. The van der Waals surface area contributed by atoms with Crippen LogP contribution in [-0.2, 0) is 0 Å². The topological polar surface area (TPSA) is 41.1 Å². The Labute approximate surface area is 102 Å². The maximum atomic E-state index is 13.0. The molecule has 1 aromatic carbocycles. The van der Waals surface area contributed by atoms with E-state index in [-0.39, 0.29) is 17.8 Å². The van der Waals surface area contributed by atoms with E-state index in [2.05, 4.69) is 26.6 Å². The standard InChI is InChI=1S/C11H12BrFN2O/c12-9-5-7(1-2-10(9)13)11(16)15-8-3-4-14-6-8/h1-2,5,8,14H,3-4,6H2,(H,15,16)/t8-/m1/s1. The fraction of sp³-hybridized carbons (Fsp3) is 0.364. The van der Waals surface area contributed by atoms with E-state index in [1.807, 2.05) is 0 Å². The Balaban J connectivity index is 2.05. The lowest BCUT2D eigenvalue weighted by molar-refractivity contribution is 0.0940. The van der Waals surface area contributed by atoms with E-state index in [4.69, 9.17) is 0 Å². The molecule has 0 spiro atoms. The summed E-state index contributed by atoms with van der Waals surface area (Å²) in [6, 6.07) is 4.44. The number of rotatable bonds is 2. The van der Waals surface area contributed by atoms with E-state index in [0.717, 1.165) is 19.5 Å². The largest absolute Gasteiger partial charge is 0.348 e. The third-order valence-electron chi connectivity index (χ3n) is 2.58. The van der Waals surface area contributed by atoms with Gasteiger partial charge < -0.3 is 10.6 Å². The zero-order chi connectivity index (χ0) is 11.5. The summed E-state index contributed by atoms with van der Waals surface area (Å²) in [4.78, 5) is 11.8. The third-order valence-corrected chi connectivity index (χ3v) is 3.19. The maximum absolute atomic E-state index is 13.0. The molecule has 1 amide bonds. The van der Waals surface area contributed by atoms with Crippen molar-refractivity contribution >= 4 is 21.8 Å². The average molecular weight is 287 g/mol. The lowest BCUT2D eigenvalue weighted by Crippen LogP contribution is -2.36. The van der Waals surface area contributed by atoms with Crippen molar-refractivity contribution in [2.75, 3.05) is 13.1 Å². The van der Waals surface area contributed by atoms with Crippen LogP contribution in [0, 0.1) is 5.82 Å². The number of carbonyl (C=O) groups excluding carboxylic acids is 1. The first-order valence-corrected chi connectivity index (χ1v) is 5.93. The number of nitrogens with one attached hydrogen (secondary N) is 2. The van der Waals surface area contributed by atoms with Crippen molar-refractivity contribution in [2.45, 2.75) is 12.5 Å². The predicted molar refractivity (Wildman–Crippen MR) is 62.8 cm³/mol. The Morgan fingerprint density at radius 3 is 3.00 bits per heavy atom. The molecule has 0 saturated carbocycles. The zero-order valence-electron chi connectivity index (χ0n) is 8.59. The van der Waals surface area contributed by atoms with Crippen molar-refractivity contribution in [3.8, 4) is 0 Å². The van der Waals surface area contributed by atoms with Crippen LogP contribution in [-0.4, -0.2) is 25.0 Å². The smallest absolute Gasteiger partial charge is 0.251 e. The molecule has 3 nitrogen and oxygen atoms in total. The molecule has 1 aromatic rings. The van der Waals surface area contributed by atoms with Gasteiger partial charge in [0, 0.05) is 18.2 Å². The lowest BCUT2D eigenvalue weighted by Gasteiger charge is -2.11. The second-order valence-electron chi connectivity index (χ2n) is 3.79. The molecule has 1 atom stereocenters. The molecule has 2 N–H and O–H groups in total. The zero-order valence-corrected chi connectivity index (χ0v) is 10.2. The van der Waals surface area contributed by atoms with Crippen LogP contribution in [0.4, 0.5) is 4.39 Å². The summed E-state index contributed by atoms with van der Waals surface area (Å²) >= 11 is 3.06. The van der Waals surface area contributed by atoms with Crippen molar-refractivity contribution < 1.29 is 9.18 Å². The summed E-state index contributed by atoms with van der Waals surface area (Å²) in [7, 11) is 0. The summed E-state index contributed by atoms with van der Waals surface area (Å²) < 4.78 is 13.3. The van der Waals surface area contributed by atoms with Crippen molar-refractivity contribution in [1.82, 2.24) is 10.6 Å². The van der Waals surface area contributed by atoms with Gasteiger partial charge >= 0.3 is 0 Å². The first kappa shape index (κ1) is 11.5. The average Bonchev–Trinajstić information content (AvgIpc) is 2.74. The van der Waals surface area contributed by atoms with Crippen LogP contribution in [0.3, 0.4) is 0 Å². The number of benzene rings is 1. The fourth-order valence-corrected chi connectivity index (χ4v) is 2.06. The number of hydrogen-bond acceptors (Lipinski definition) is 2. The van der Waals surface area contributed by atoms with Crippen LogP contribution in [0.2, 0.25) is 0 Å². The van der Waals surface area contributed by atoms with Crippen LogP contribution in [0.1, 0.15) is 16.8 Å². The minimum atomic E-state index is -0.362. The van der Waals surface area contributed by atoms with Crippen LogP contribution in [0.25, 0.3) is 0 Å². The molecule has 5 heteroatoms. The number of hydrogen-bond donors (Lipinski definition) is 2. The predicted octanol–water partition coefficient (Wildman–Crippen LogP) is 1.68. The van der Waals surface area contributed by atoms with E-state index < -0.39 is 0 Å². The van der Waals surface area contributed by atoms with Gasteiger partial charge in [-0.25, -0.2) is 4.39 Å². The Bertz CT molecular complexity index is 405. The van der Waals surface area contributed by atoms with Crippen LogP contribution in [0.15, 0.2) is 22.7 Å². The van der Waals surface area contributed by atoms with Crippen molar-refractivity contribution in [2.24, 2.45) is 0 Å². The van der Waals surface area contributed by atoms with Crippen LogP contribution in [0.5, 0.6) is 0 Å². The van der Waals surface area contributed by atoms with Crippen molar-refractivity contribution in [1.29, 1.82) is 0 Å². The molecule has 1 fully saturated rings. The Kier molecular flexibility index (Phi) is 3.56. The van der Waals surface area contributed by atoms with Gasteiger partial charge in [-0.1, -0.05) is 0 Å². The minimum Gasteiger partial charge on any atom is -0.348 e. The normalized spacial score (nSPS) is 19.8. The van der Waals surface area contributed by atoms with Gasteiger partial charge in [-0.15, -0.1) is 0 Å². The first-order chi connectivity index (χ1) is 7.66. The van der Waals surface area contributed by atoms with E-state index >= 15 is 0 Å². The summed E-state index contributed by atoms with van der Waals surface area (Å²) in [5.74, 6) is -0.520. The fourth-order valence-electron chi connectivity index (χ4n) is 1.68. The highest BCUT2D eigenvalue weighted by atomic mass is 79.9. The van der Waals surface area contributed by atoms with Gasteiger partial charge in [0.15, 0.2) is 0 Å². The first-order valence-electron chi connectivity index (χ1n) is 5.13. The molecule has 16 heavy (non-hydrogen) atoms. The van der Waals surface area contributed by atoms with Gasteiger partial charge in [0.1, 0.15) is 5.82 Å². The van der Waals surface area contributed by atoms with Gasteiger partial charge in [-0.3, -0.25) is 4.79 Å². The SMILES string of the molecule is O=C(N[C@@H]1CCNC1)c1ccc(F)c(Br)c1. The molecule has 1 saturated heterocycles. The number of carbonyl (C=O) groups is 1. The molecule has 0 unspecified atom stereocenters. The van der Waals surface area contributed by atoms with E-state index in [0.29, 0.717) is 10.0 Å². The Morgan fingerprint density at radius 2 is 2.38 bits per heavy atom. The van der Waals surface area contributed by atoms with Crippen LogP contribution < -0.4 is 10.6 Å². The van der Waals surface area contributed by atoms with Crippen molar-refractivity contribution in [3.05, 3.63) is 34.1 Å². The number of halogens is 2. The van der Waals surface area contributed by atoms with Gasteiger partial charge in [0.2, 0.25) is 0 Å². The highest BCUT2D eigenvalue weighted by Crippen LogP contribution is 2.17. The van der Waals surface area contributed by atoms with E-state index in [1.54, 1.807) is 0 Å². The minimum absolute atomic E-state index is 0.158. The van der Waals surface area contributed by atoms with Gasteiger partial charge in [0.25, 0.3) is 5.91 Å². The van der Waals surface area contributed by atoms with Crippen molar-refractivity contribution in [3.63, 3.8) is 0 Å². The molecule has 0 aliphatic carbocycles.